The van der Waals surface area contributed by atoms with Crippen LogP contribution in [0.5, 0.6) is 0 Å². The minimum atomic E-state index is 0.416. The van der Waals surface area contributed by atoms with Crippen molar-refractivity contribution in [2.45, 2.75) is 39.7 Å². The number of nitrogens with zero attached hydrogens (tertiary/aromatic N) is 2. The molecule has 1 heterocycles. The molecule has 0 aliphatic heterocycles. The molecule has 3 rings (SSSR count). The van der Waals surface area contributed by atoms with Gasteiger partial charge in [0.05, 0.1) is 11.0 Å². The summed E-state index contributed by atoms with van der Waals surface area (Å²) in [5.74, 6) is 1.18. The number of benzene rings is 1. The first-order valence-corrected chi connectivity index (χ1v) is 6.29. The Morgan fingerprint density at radius 2 is 2.18 bits per heavy atom. The van der Waals surface area contributed by atoms with E-state index in [4.69, 9.17) is 10.7 Å². The lowest BCUT2D eigenvalue weighted by molar-refractivity contribution is 0.537. The Hall–Kier alpha value is -1.51. The van der Waals surface area contributed by atoms with Crippen LogP contribution in [0.2, 0.25) is 0 Å². The molecule has 2 N–H and O–H groups in total. The van der Waals surface area contributed by atoms with Gasteiger partial charge in [-0.15, -0.1) is 0 Å². The van der Waals surface area contributed by atoms with Crippen LogP contribution in [0.1, 0.15) is 39.1 Å². The van der Waals surface area contributed by atoms with Crippen LogP contribution in [0, 0.1) is 5.41 Å². The molecule has 0 radical (unpaired) electrons. The summed E-state index contributed by atoms with van der Waals surface area (Å²) in [7, 11) is 0. The van der Waals surface area contributed by atoms with Crippen LogP contribution in [0.25, 0.3) is 11.0 Å². The van der Waals surface area contributed by atoms with Crippen LogP contribution < -0.4 is 5.73 Å². The first-order chi connectivity index (χ1) is 8.03. The van der Waals surface area contributed by atoms with Gasteiger partial charge in [0.15, 0.2) is 0 Å². The highest BCUT2D eigenvalue weighted by atomic mass is 15.1. The Balaban J connectivity index is 2.21. The lowest BCUT2D eigenvalue weighted by atomic mass is 10.2. The molecule has 17 heavy (non-hydrogen) atoms. The van der Waals surface area contributed by atoms with E-state index in [0.717, 1.165) is 17.6 Å². The molecule has 1 fully saturated rings. The third-order valence-corrected chi connectivity index (χ3v) is 3.88. The van der Waals surface area contributed by atoms with Crippen LogP contribution in [-0.2, 0) is 6.42 Å². The van der Waals surface area contributed by atoms with Gasteiger partial charge < -0.3 is 10.3 Å². The maximum Gasteiger partial charge on any atom is 0.109 e. The predicted molar refractivity (Wildman–Crippen MR) is 71.0 cm³/mol. The number of nitrogens with two attached hydrogens (primary N) is 1. The first-order valence-electron chi connectivity index (χ1n) is 6.29. The molecule has 1 atom stereocenters. The van der Waals surface area contributed by atoms with Gasteiger partial charge in [-0.3, -0.25) is 0 Å². The Bertz CT molecular complexity index is 580. The third-order valence-electron chi connectivity index (χ3n) is 3.88. The van der Waals surface area contributed by atoms with E-state index in [-0.39, 0.29) is 0 Å². The van der Waals surface area contributed by atoms with Crippen LogP contribution in [0.4, 0.5) is 5.69 Å². The number of anilines is 1. The zero-order valence-corrected chi connectivity index (χ0v) is 10.7. The van der Waals surface area contributed by atoms with Crippen LogP contribution >= 0.6 is 0 Å². The van der Waals surface area contributed by atoms with Gasteiger partial charge in [-0.2, -0.15) is 0 Å². The second-order valence-corrected chi connectivity index (χ2v) is 5.71. The van der Waals surface area contributed by atoms with Gasteiger partial charge in [-0.1, -0.05) is 20.8 Å². The highest BCUT2D eigenvalue weighted by Gasteiger charge is 2.48. The maximum absolute atomic E-state index is 5.82. The molecule has 1 aliphatic rings. The Morgan fingerprint density at radius 3 is 2.76 bits per heavy atom. The van der Waals surface area contributed by atoms with Crippen molar-refractivity contribution in [2.24, 2.45) is 5.41 Å². The molecule has 1 aliphatic carbocycles. The Morgan fingerprint density at radius 1 is 1.47 bits per heavy atom. The summed E-state index contributed by atoms with van der Waals surface area (Å²) in [6.07, 6.45) is 2.22. The van der Waals surface area contributed by atoms with Crippen molar-refractivity contribution in [2.75, 3.05) is 5.73 Å². The molecule has 0 amide bonds. The van der Waals surface area contributed by atoms with Crippen molar-refractivity contribution >= 4 is 16.7 Å². The molecule has 3 nitrogen and oxygen atoms in total. The molecule has 1 aromatic carbocycles. The van der Waals surface area contributed by atoms with Crippen molar-refractivity contribution in [3.05, 3.63) is 24.0 Å². The molecule has 1 unspecified atom stereocenters. The van der Waals surface area contributed by atoms with E-state index in [0.29, 0.717) is 11.5 Å². The first kappa shape index (κ1) is 10.6. The lowest BCUT2D eigenvalue weighted by Crippen LogP contribution is -2.04. The fourth-order valence-corrected chi connectivity index (χ4v) is 2.64. The summed E-state index contributed by atoms with van der Waals surface area (Å²) < 4.78 is 2.41. The summed E-state index contributed by atoms with van der Waals surface area (Å²) in [5.41, 5.74) is 9.29. The average molecular weight is 229 g/mol. The Kier molecular flexibility index (Phi) is 2.03. The van der Waals surface area contributed by atoms with Gasteiger partial charge in [0.25, 0.3) is 0 Å². The van der Waals surface area contributed by atoms with E-state index in [1.807, 2.05) is 12.1 Å². The molecular weight excluding hydrogens is 210 g/mol. The molecule has 2 aromatic rings. The molecule has 0 saturated heterocycles. The number of fused-ring (bicyclic) bond motifs is 1. The zero-order chi connectivity index (χ0) is 12.2. The zero-order valence-electron chi connectivity index (χ0n) is 10.7. The largest absolute Gasteiger partial charge is 0.399 e. The van der Waals surface area contributed by atoms with E-state index in [1.54, 1.807) is 0 Å². The van der Waals surface area contributed by atoms with Crippen LogP contribution in [0.15, 0.2) is 18.2 Å². The average Bonchev–Trinajstić information content (AvgIpc) is 2.74. The summed E-state index contributed by atoms with van der Waals surface area (Å²) in [5, 5.41) is 0. The maximum atomic E-state index is 5.82. The molecule has 1 aromatic heterocycles. The number of hydrogen-bond acceptors (Lipinski definition) is 2. The summed E-state index contributed by atoms with van der Waals surface area (Å²) >= 11 is 0. The van der Waals surface area contributed by atoms with Gasteiger partial charge in [0.1, 0.15) is 5.82 Å². The number of aryl methyl sites for hydroxylation is 1. The Labute approximate surface area is 102 Å². The second kappa shape index (κ2) is 3.25. The van der Waals surface area contributed by atoms with Crippen LogP contribution in [-0.4, -0.2) is 9.55 Å². The normalized spacial score (nSPS) is 21.9. The predicted octanol–water partition coefficient (Wildman–Crippen LogP) is 3.15. The van der Waals surface area contributed by atoms with Crippen molar-refractivity contribution in [1.82, 2.24) is 9.55 Å². The lowest BCUT2D eigenvalue weighted by Gasteiger charge is -2.10. The summed E-state index contributed by atoms with van der Waals surface area (Å²) in [6.45, 7) is 6.80. The highest BCUT2D eigenvalue weighted by Crippen LogP contribution is 2.56. The van der Waals surface area contributed by atoms with Crippen molar-refractivity contribution in [1.29, 1.82) is 0 Å². The molecule has 90 valence electrons. The van der Waals surface area contributed by atoms with Gasteiger partial charge in [-0.25, -0.2) is 4.98 Å². The number of rotatable bonds is 2. The van der Waals surface area contributed by atoms with Crippen LogP contribution in [0.3, 0.4) is 0 Å². The van der Waals surface area contributed by atoms with E-state index >= 15 is 0 Å². The third kappa shape index (κ3) is 1.53. The minimum Gasteiger partial charge on any atom is -0.399 e. The molecule has 0 bridgehead atoms. The van der Waals surface area contributed by atoms with E-state index in [1.165, 1.54) is 17.8 Å². The quantitative estimate of drug-likeness (QED) is 0.804. The fourth-order valence-electron chi connectivity index (χ4n) is 2.64. The standard InChI is InChI=1S/C14H19N3/c1-4-13-16-10-7-9(15)5-6-11(10)17(13)12-8-14(12,2)3/h5-7,12H,4,8,15H2,1-3H3. The summed E-state index contributed by atoms with van der Waals surface area (Å²) in [6, 6.07) is 6.65. The highest BCUT2D eigenvalue weighted by molar-refractivity contribution is 5.80. The number of aromatic nitrogens is 2. The van der Waals surface area contributed by atoms with E-state index in [2.05, 4.69) is 31.4 Å². The second-order valence-electron chi connectivity index (χ2n) is 5.71. The van der Waals surface area contributed by atoms with E-state index < -0.39 is 0 Å². The minimum absolute atomic E-state index is 0.416. The van der Waals surface area contributed by atoms with Crippen molar-refractivity contribution in [3.8, 4) is 0 Å². The van der Waals surface area contributed by atoms with Gasteiger partial charge in [0.2, 0.25) is 0 Å². The molecule has 1 saturated carbocycles. The SMILES string of the molecule is CCc1nc2cc(N)ccc2n1C1CC1(C)C. The monoisotopic (exact) mass is 229 g/mol. The van der Waals surface area contributed by atoms with Gasteiger partial charge in [0, 0.05) is 18.2 Å². The van der Waals surface area contributed by atoms with Crippen molar-refractivity contribution in [3.63, 3.8) is 0 Å². The fraction of sp³-hybridized carbons (Fsp3) is 0.500. The number of nitrogen functional groups attached to an aromatic ring is 1. The van der Waals surface area contributed by atoms with E-state index in [9.17, 15) is 0 Å². The smallest absolute Gasteiger partial charge is 0.109 e. The summed E-state index contributed by atoms with van der Waals surface area (Å²) in [4.78, 5) is 4.70. The van der Waals surface area contributed by atoms with Crippen molar-refractivity contribution < 1.29 is 0 Å². The number of hydrogen-bond donors (Lipinski definition) is 1. The molecular formula is C14H19N3. The van der Waals surface area contributed by atoms with Gasteiger partial charge >= 0.3 is 0 Å². The molecule has 0 spiro atoms. The number of imidazole rings is 1. The topological polar surface area (TPSA) is 43.8 Å². The molecule has 3 heteroatoms. The van der Waals surface area contributed by atoms with Gasteiger partial charge in [-0.05, 0) is 30.0 Å².